The van der Waals surface area contributed by atoms with Crippen LogP contribution in [-0.2, 0) is 12.5 Å². The highest BCUT2D eigenvalue weighted by Crippen LogP contribution is 2.38. The van der Waals surface area contributed by atoms with Gasteiger partial charge in [-0.3, -0.25) is 4.90 Å². The minimum atomic E-state index is -3.57. The van der Waals surface area contributed by atoms with Crippen LogP contribution in [-0.4, -0.2) is 61.9 Å². The summed E-state index contributed by atoms with van der Waals surface area (Å²) in [6.45, 7) is 0.667. The van der Waals surface area contributed by atoms with Gasteiger partial charge in [-0.2, -0.15) is 4.98 Å². The van der Waals surface area contributed by atoms with Gasteiger partial charge in [0.05, 0.1) is 23.5 Å². The molecule has 0 spiro atoms. The molecule has 1 unspecified atom stereocenters. The third-order valence-electron chi connectivity index (χ3n) is 6.76. The van der Waals surface area contributed by atoms with Crippen molar-refractivity contribution in [1.29, 1.82) is 0 Å². The second-order valence-corrected chi connectivity index (χ2v) is 9.16. The molecule has 37 heavy (non-hydrogen) atoms. The third-order valence-corrected chi connectivity index (χ3v) is 6.76. The molecule has 3 heterocycles. The number of aliphatic hydroxyl groups is 3. The number of likely N-dealkylation sites (tertiary alicyclic amines) is 1. The van der Waals surface area contributed by atoms with Crippen LogP contribution in [0.25, 0.3) is 10.9 Å². The molecule has 3 aromatic rings. The Balaban J connectivity index is 1.59. The van der Waals surface area contributed by atoms with Crippen LogP contribution in [0.5, 0.6) is 0 Å². The van der Waals surface area contributed by atoms with Gasteiger partial charge in [-0.05, 0) is 62.1 Å². The van der Waals surface area contributed by atoms with E-state index in [-0.39, 0.29) is 33.9 Å². The Morgan fingerprint density at radius 2 is 1.89 bits per heavy atom. The first kappa shape index (κ1) is 25.2. The molecule has 0 bridgehead atoms. The Hall–Kier alpha value is -3.43. The monoisotopic (exact) mass is 514 g/mol. The number of anilines is 2. The maximum Gasteiger partial charge on any atom is 0.377 e. The van der Waals surface area contributed by atoms with E-state index in [1.54, 1.807) is 21.9 Å². The first-order chi connectivity index (χ1) is 17.6. The molecule has 1 fully saturated rings. The van der Waals surface area contributed by atoms with Gasteiger partial charge >= 0.3 is 11.8 Å². The van der Waals surface area contributed by atoms with E-state index in [1.807, 2.05) is 6.07 Å². The molecule has 11 heteroatoms. The molecule has 1 aromatic heterocycles. The molecular weight excluding hydrogens is 489 g/mol. The number of rotatable bonds is 4. The van der Waals surface area contributed by atoms with E-state index in [0.29, 0.717) is 43.6 Å². The topological polar surface area (TPSA) is 102 Å². The molecule has 5 rings (SSSR count). The van der Waals surface area contributed by atoms with Crippen LogP contribution < -0.4 is 10.6 Å². The van der Waals surface area contributed by atoms with Gasteiger partial charge in [-0.25, -0.2) is 22.5 Å². The SMILES string of the molecule is O=c1nc(N2CCCc3c(C#CC4CCCN4CC(F)F)cccc32)c2c(F)cccc2n1C(O)(O)O. The van der Waals surface area contributed by atoms with Crippen LogP contribution in [0.1, 0.15) is 30.4 Å². The molecule has 2 aliphatic rings. The molecule has 2 aliphatic heterocycles. The zero-order valence-electron chi connectivity index (χ0n) is 19.7. The van der Waals surface area contributed by atoms with Gasteiger partial charge in [0.1, 0.15) is 5.82 Å². The van der Waals surface area contributed by atoms with E-state index >= 15 is 4.39 Å². The predicted octanol–water partition coefficient (Wildman–Crippen LogP) is 2.25. The summed E-state index contributed by atoms with van der Waals surface area (Å²) in [6.07, 6.45) is -3.18. The van der Waals surface area contributed by atoms with E-state index in [9.17, 15) is 28.9 Å². The van der Waals surface area contributed by atoms with Crippen LogP contribution >= 0.6 is 0 Å². The van der Waals surface area contributed by atoms with Crippen molar-refractivity contribution in [2.24, 2.45) is 0 Å². The summed E-state index contributed by atoms with van der Waals surface area (Å²) in [5, 5.41) is 29.0. The summed E-state index contributed by atoms with van der Waals surface area (Å²) < 4.78 is 41.1. The summed E-state index contributed by atoms with van der Waals surface area (Å²) in [7, 11) is 0. The van der Waals surface area contributed by atoms with E-state index < -0.39 is 24.0 Å². The van der Waals surface area contributed by atoms with Crippen molar-refractivity contribution in [3.05, 3.63) is 63.8 Å². The number of benzene rings is 2. The number of hydrogen-bond donors (Lipinski definition) is 3. The van der Waals surface area contributed by atoms with E-state index in [0.717, 1.165) is 18.1 Å². The zero-order chi connectivity index (χ0) is 26.3. The van der Waals surface area contributed by atoms with Crippen molar-refractivity contribution < 1.29 is 28.5 Å². The molecule has 1 atom stereocenters. The van der Waals surface area contributed by atoms with Crippen LogP contribution in [0.4, 0.5) is 24.7 Å². The van der Waals surface area contributed by atoms with Gasteiger partial charge in [0.25, 0.3) is 6.43 Å². The van der Waals surface area contributed by atoms with Gasteiger partial charge in [0.2, 0.25) is 0 Å². The lowest BCUT2D eigenvalue weighted by molar-refractivity contribution is -0.374. The molecule has 3 N–H and O–H groups in total. The Morgan fingerprint density at radius 1 is 1.11 bits per heavy atom. The lowest BCUT2D eigenvalue weighted by Crippen LogP contribution is -2.43. The molecule has 2 aromatic carbocycles. The number of alkyl halides is 2. The van der Waals surface area contributed by atoms with E-state index in [2.05, 4.69) is 16.8 Å². The Kier molecular flexibility index (Phi) is 6.68. The van der Waals surface area contributed by atoms with Crippen molar-refractivity contribution in [2.75, 3.05) is 24.5 Å². The summed E-state index contributed by atoms with van der Waals surface area (Å²) >= 11 is 0. The highest BCUT2D eigenvalue weighted by atomic mass is 19.3. The van der Waals surface area contributed by atoms with Crippen LogP contribution in [0, 0.1) is 17.7 Å². The molecule has 0 radical (unpaired) electrons. The zero-order valence-corrected chi connectivity index (χ0v) is 19.7. The summed E-state index contributed by atoms with van der Waals surface area (Å²) in [5.41, 5.74) is 0.807. The molecule has 1 saturated heterocycles. The Bertz CT molecular complexity index is 1460. The van der Waals surface area contributed by atoms with Gasteiger partial charge in [0.15, 0.2) is 5.82 Å². The quantitative estimate of drug-likeness (QED) is 0.363. The maximum absolute atomic E-state index is 15.1. The predicted molar refractivity (Wildman–Crippen MR) is 130 cm³/mol. The molecule has 8 nitrogen and oxygen atoms in total. The highest BCUT2D eigenvalue weighted by molar-refractivity contribution is 5.93. The minimum Gasteiger partial charge on any atom is -0.325 e. The number of hydrogen-bond acceptors (Lipinski definition) is 7. The molecule has 0 saturated carbocycles. The van der Waals surface area contributed by atoms with E-state index in [4.69, 9.17) is 0 Å². The highest BCUT2D eigenvalue weighted by Gasteiger charge is 2.31. The Morgan fingerprint density at radius 3 is 2.65 bits per heavy atom. The fourth-order valence-electron chi connectivity index (χ4n) is 5.21. The van der Waals surface area contributed by atoms with Crippen LogP contribution in [0.2, 0.25) is 0 Å². The van der Waals surface area contributed by atoms with Crippen molar-refractivity contribution in [3.8, 4) is 11.8 Å². The second-order valence-electron chi connectivity index (χ2n) is 9.16. The molecule has 194 valence electrons. The first-order valence-electron chi connectivity index (χ1n) is 12.0. The molecule has 0 aliphatic carbocycles. The third kappa shape index (κ3) is 4.81. The fourth-order valence-corrected chi connectivity index (χ4v) is 5.21. The van der Waals surface area contributed by atoms with Crippen molar-refractivity contribution in [1.82, 2.24) is 14.5 Å². The van der Waals surface area contributed by atoms with Gasteiger partial charge in [-0.1, -0.05) is 24.0 Å². The van der Waals surface area contributed by atoms with Crippen molar-refractivity contribution in [3.63, 3.8) is 0 Å². The number of aromatic nitrogens is 2. The van der Waals surface area contributed by atoms with Crippen LogP contribution in [0.3, 0.4) is 0 Å². The van der Waals surface area contributed by atoms with Crippen molar-refractivity contribution in [2.45, 2.75) is 44.2 Å². The molecular formula is C26H25F3N4O4. The maximum atomic E-state index is 15.1. The first-order valence-corrected chi connectivity index (χ1v) is 12.0. The second kappa shape index (κ2) is 9.79. The summed E-state index contributed by atoms with van der Waals surface area (Å²) in [5.74, 6) is 5.51. The smallest absolute Gasteiger partial charge is 0.325 e. The summed E-state index contributed by atoms with van der Waals surface area (Å²) in [6, 6.07) is 8.86. The van der Waals surface area contributed by atoms with Crippen LogP contribution in [0.15, 0.2) is 41.2 Å². The fraction of sp³-hybridized carbons (Fsp3) is 0.385. The largest absolute Gasteiger partial charge is 0.377 e. The average molecular weight is 515 g/mol. The summed E-state index contributed by atoms with van der Waals surface area (Å²) in [4.78, 5) is 20.0. The lowest BCUT2D eigenvalue weighted by atomic mass is 9.96. The van der Waals surface area contributed by atoms with E-state index in [1.165, 1.54) is 12.1 Å². The lowest BCUT2D eigenvalue weighted by Gasteiger charge is -2.32. The standard InChI is InChI=1S/C26H25F3N4O4/c27-19-8-2-10-21-23(19)24(30-25(34)33(21)26(35,36)37)32-14-4-7-18-16(5-1-9-20(18)32)11-12-17-6-3-13-31(17)15-22(28)29/h1-2,5,8-10,17,22,35-37H,3-4,6-7,13-15H2. The number of fused-ring (bicyclic) bond motifs is 2. The number of halogens is 3. The molecule has 0 amide bonds. The van der Waals surface area contributed by atoms with Gasteiger partial charge in [-0.15, -0.1) is 0 Å². The normalized spacial score (nSPS) is 18.2. The number of nitrogens with zero attached hydrogens (tertiary/aromatic N) is 4. The average Bonchev–Trinajstić information content (AvgIpc) is 3.27. The Labute approximate surface area is 210 Å². The van der Waals surface area contributed by atoms with Gasteiger partial charge in [0, 0.05) is 17.8 Å². The van der Waals surface area contributed by atoms with Crippen molar-refractivity contribution >= 4 is 22.4 Å². The minimum absolute atomic E-state index is 0.0245. The van der Waals surface area contributed by atoms with Gasteiger partial charge < -0.3 is 20.2 Å².